The number of fused-ring (bicyclic) bond motifs is 1. The first-order chi connectivity index (χ1) is 8.54. The highest BCUT2D eigenvalue weighted by Crippen LogP contribution is 2.31. The van der Waals surface area contributed by atoms with E-state index in [1.165, 1.54) is 11.1 Å². The zero-order valence-corrected chi connectivity index (χ0v) is 11.2. The molecule has 1 aliphatic rings. The van der Waals surface area contributed by atoms with E-state index in [0.717, 1.165) is 19.3 Å². The zero-order valence-electron chi connectivity index (χ0n) is 11.2. The van der Waals surface area contributed by atoms with Gasteiger partial charge in [-0.2, -0.15) is 0 Å². The molecule has 1 amide bonds. The standard InChI is InChI=1S/C15H22N2O/c1-3-10-15(2,16)14(18)17-13-9-8-11-6-4-5-7-12(11)13/h4-7,13H,3,8-10,16H2,1-2H3,(H,17,18). The summed E-state index contributed by atoms with van der Waals surface area (Å²) in [6.07, 6.45) is 3.65. The highest BCUT2D eigenvalue weighted by molar-refractivity contribution is 5.86. The average Bonchev–Trinajstić information content (AvgIpc) is 2.73. The largest absolute Gasteiger partial charge is 0.348 e. The van der Waals surface area contributed by atoms with Crippen molar-refractivity contribution in [3.8, 4) is 0 Å². The molecule has 3 N–H and O–H groups in total. The predicted octanol–water partition coefficient (Wildman–Crippen LogP) is 2.31. The average molecular weight is 246 g/mol. The Bertz CT molecular complexity index is 440. The van der Waals surface area contributed by atoms with Crippen molar-refractivity contribution in [3.05, 3.63) is 35.4 Å². The van der Waals surface area contributed by atoms with E-state index in [0.29, 0.717) is 6.42 Å². The van der Waals surface area contributed by atoms with Crippen LogP contribution in [0.2, 0.25) is 0 Å². The second-order valence-electron chi connectivity index (χ2n) is 5.43. The SMILES string of the molecule is CCCC(C)(N)C(=O)NC1CCc2ccccc21. The normalized spacial score (nSPS) is 21.2. The molecule has 0 aliphatic heterocycles. The number of carbonyl (C=O) groups excluding carboxylic acids is 1. The molecule has 0 spiro atoms. The van der Waals surface area contributed by atoms with E-state index in [1.54, 1.807) is 0 Å². The molecule has 0 saturated carbocycles. The fourth-order valence-corrected chi connectivity index (χ4v) is 2.66. The first-order valence-electron chi connectivity index (χ1n) is 6.72. The maximum atomic E-state index is 12.2. The highest BCUT2D eigenvalue weighted by atomic mass is 16.2. The van der Waals surface area contributed by atoms with Crippen LogP contribution in [0, 0.1) is 0 Å². The summed E-state index contributed by atoms with van der Waals surface area (Å²) in [5, 5.41) is 3.10. The summed E-state index contributed by atoms with van der Waals surface area (Å²) in [5.41, 5.74) is 7.89. The fourth-order valence-electron chi connectivity index (χ4n) is 2.66. The molecule has 1 aliphatic carbocycles. The minimum atomic E-state index is -0.758. The third-order valence-corrected chi connectivity index (χ3v) is 3.73. The smallest absolute Gasteiger partial charge is 0.240 e. The lowest BCUT2D eigenvalue weighted by molar-refractivity contribution is -0.126. The van der Waals surface area contributed by atoms with Gasteiger partial charge in [-0.1, -0.05) is 37.6 Å². The number of nitrogens with two attached hydrogens (primary N) is 1. The number of amides is 1. The van der Waals surface area contributed by atoms with Gasteiger partial charge in [0, 0.05) is 0 Å². The molecular formula is C15H22N2O. The van der Waals surface area contributed by atoms with Crippen molar-refractivity contribution in [2.75, 3.05) is 0 Å². The monoisotopic (exact) mass is 246 g/mol. The minimum absolute atomic E-state index is 0.0361. The Morgan fingerprint density at radius 1 is 1.50 bits per heavy atom. The van der Waals surface area contributed by atoms with E-state index in [-0.39, 0.29) is 11.9 Å². The molecule has 2 rings (SSSR count). The Labute approximate surface area is 109 Å². The molecule has 0 saturated heterocycles. The second kappa shape index (κ2) is 5.11. The molecule has 18 heavy (non-hydrogen) atoms. The summed E-state index contributed by atoms with van der Waals surface area (Å²) < 4.78 is 0. The van der Waals surface area contributed by atoms with Gasteiger partial charge in [0.05, 0.1) is 11.6 Å². The molecule has 2 unspecified atom stereocenters. The maximum Gasteiger partial charge on any atom is 0.240 e. The molecule has 0 heterocycles. The fraction of sp³-hybridized carbons (Fsp3) is 0.533. The molecule has 98 valence electrons. The van der Waals surface area contributed by atoms with Gasteiger partial charge < -0.3 is 11.1 Å². The Balaban J connectivity index is 2.06. The van der Waals surface area contributed by atoms with E-state index in [4.69, 9.17) is 5.73 Å². The van der Waals surface area contributed by atoms with Crippen LogP contribution in [-0.2, 0) is 11.2 Å². The van der Waals surface area contributed by atoms with Crippen LogP contribution in [0.1, 0.15) is 50.3 Å². The van der Waals surface area contributed by atoms with Crippen LogP contribution in [-0.4, -0.2) is 11.4 Å². The van der Waals surface area contributed by atoms with Gasteiger partial charge in [0.15, 0.2) is 0 Å². The lowest BCUT2D eigenvalue weighted by Gasteiger charge is -2.25. The summed E-state index contributed by atoms with van der Waals surface area (Å²) >= 11 is 0. The summed E-state index contributed by atoms with van der Waals surface area (Å²) in [5.74, 6) is -0.0361. The molecule has 0 aromatic heterocycles. The molecule has 0 fully saturated rings. The summed E-state index contributed by atoms with van der Waals surface area (Å²) in [6.45, 7) is 3.86. The van der Waals surface area contributed by atoms with Crippen molar-refractivity contribution in [1.29, 1.82) is 0 Å². The van der Waals surface area contributed by atoms with E-state index in [1.807, 2.05) is 26.0 Å². The van der Waals surface area contributed by atoms with Crippen molar-refractivity contribution >= 4 is 5.91 Å². The van der Waals surface area contributed by atoms with E-state index in [9.17, 15) is 4.79 Å². The number of carbonyl (C=O) groups is 1. The van der Waals surface area contributed by atoms with Crippen LogP contribution in [0.4, 0.5) is 0 Å². The van der Waals surface area contributed by atoms with Gasteiger partial charge in [-0.3, -0.25) is 4.79 Å². The number of rotatable bonds is 4. The van der Waals surface area contributed by atoms with Crippen molar-refractivity contribution in [3.63, 3.8) is 0 Å². The molecule has 1 aromatic carbocycles. The Morgan fingerprint density at radius 2 is 2.22 bits per heavy atom. The third-order valence-electron chi connectivity index (χ3n) is 3.73. The Morgan fingerprint density at radius 3 is 2.94 bits per heavy atom. The van der Waals surface area contributed by atoms with Crippen molar-refractivity contribution in [2.24, 2.45) is 5.73 Å². The summed E-state index contributed by atoms with van der Waals surface area (Å²) in [6, 6.07) is 8.44. The molecule has 3 heteroatoms. The third kappa shape index (κ3) is 2.56. The van der Waals surface area contributed by atoms with Crippen molar-refractivity contribution in [1.82, 2.24) is 5.32 Å². The second-order valence-corrected chi connectivity index (χ2v) is 5.43. The zero-order chi connectivity index (χ0) is 13.2. The number of hydrogen-bond acceptors (Lipinski definition) is 2. The van der Waals surface area contributed by atoms with E-state index < -0.39 is 5.54 Å². The van der Waals surface area contributed by atoms with Crippen LogP contribution < -0.4 is 11.1 Å². The summed E-state index contributed by atoms with van der Waals surface area (Å²) in [7, 11) is 0. The first kappa shape index (κ1) is 13.1. The van der Waals surface area contributed by atoms with Crippen LogP contribution in [0.3, 0.4) is 0 Å². The van der Waals surface area contributed by atoms with Gasteiger partial charge in [0.2, 0.25) is 5.91 Å². The number of nitrogens with one attached hydrogen (secondary N) is 1. The van der Waals surface area contributed by atoms with Gasteiger partial charge in [-0.05, 0) is 37.3 Å². The van der Waals surface area contributed by atoms with Crippen molar-refractivity contribution < 1.29 is 4.79 Å². The molecule has 3 nitrogen and oxygen atoms in total. The lowest BCUT2D eigenvalue weighted by atomic mass is 9.95. The molecule has 2 atom stereocenters. The molecular weight excluding hydrogens is 224 g/mol. The molecule has 1 aromatic rings. The number of hydrogen-bond donors (Lipinski definition) is 2. The molecule has 0 radical (unpaired) electrons. The van der Waals surface area contributed by atoms with Gasteiger partial charge in [-0.25, -0.2) is 0 Å². The van der Waals surface area contributed by atoms with Crippen molar-refractivity contribution in [2.45, 2.75) is 51.1 Å². The van der Waals surface area contributed by atoms with Crippen LogP contribution >= 0.6 is 0 Å². The van der Waals surface area contributed by atoms with Crippen LogP contribution in [0.5, 0.6) is 0 Å². The highest BCUT2D eigenvalue weighted by Gasteiger charge is 2.31. The predicted molar refractivity (Wildman–Crippen MR) is 73.1 cm³/mol. The number of aryl methyl sites for hydroxylation is 1. The van der Waals surface area contributed by atoms with E-state index >= 15 is 0 Å². The topological polar surface area (TPSA) is 55.1 Å². The van der Waals surface area contributed by atoms with Gasteiger partial charge in [0.25, 0.3) is 0 Å². The quantitative estimate of drug-likeness (QED) is 0.856. The minimum Gasteiger partial charge on any atom is -0.348 e. The summed E-state index contributed by atoms with van der Waals surface area (Å²) in [4.78, 5) is 12.2. The van der Waals surface area contributed by atoms with Crippen LogP contribution in [0.15, 0.2) is 24.3 Å². The van der Waals surface area contributed by atoms with Crippen LogP contribution in [0.25, 0.3) is 0 Å². The van der Waals surface area contributed by atoms with Gasteiger partial charge in [-0.15, -0.1) is 0 Å². The number of benzene rings is 1. The Hall–Kier alpha value is -1.35. The van der Waals surface area contributed by atoms with Gasteiger partial charge in [0.1, 0.15) is 0 Å². The molecule has 0 bridgehead atoms. The van der Waals surface area contributed by atoms with E-state index in [2.05, 4.69) is 17.4 Å². The first-order valence-corrected chi connectivity index (χ1v) is 6.72. The lowest BCUT2D eigenvalue weighted by Crippen LogP contribution is -2.52. The Kier molecular flexibility index (Phi) is 3.71. The maximum absolute atomic E-state index is 12.2. The van der Waals surface area contributed by atoms with Gasteiger partial charge >= 0.3 is 0 Å².